The standard InChI is InChI=1S/C17H24N4O2/c18-16(22)12-20-10-6-13(7-11-20)17(23)21-9-3-5-15(21)14-4-1-2-8-19-14/h1-2,4,8,13,15H,3,5-7,9-12H2,(H2,18,22)/t15-/m1/s1. The van der Waals surface area contributed by atoms with Crippen LogP contribution in [0, 0.1) is 5.92 Å². The first-order valence-corrected chi connectivity index (χ1v) is 8.37. The molecule has 0 aliphatic carbocycles. The van der Waals surface area contributed by atoms with Gasteiger partial charge in [0.1, 0.15) is 0 Å². The summed E-state index contributed by atoms with van der Waals surface area (Å²) in [5, 5.41) is 0. The summed E-state index contributed by atoms with van der Waals surface area (Å²) in [6.45, 7) is 2.64. The van der Waals surface area contributed by atoms with E-state index in [-0.39, 0.29) is 23.8 Å². The Morgan fingerprint density at radius 1 is 1.17 bits per heavy atom. The minimum Gasteiger partial charge on any atom is -0.369 e. The van der Waals surface area contributed by atoms with Crippen LogP contribution < -0.4 is 5.73 Å². The second-order valence-corrected chi connectivity index (χ2v) is 6.46. The van der Waals surface area contributed by atoms with Crippen LogP contribution in [-0.2, 0) is 9.59 Å². The first-order valence-electron chi connectivity index (χ1n) is 8.37. The van der Waals surface area contributed by atoms with Crippen LogP contribution in [0.3, 0.4) is 0 Å². The molecule has 1 aromatic rings. The minimum absolute atomic E-state index is 0.0587. The lowest BCUT2D eigenvalue weighted by Gasteiger charge is -2.34. The number of aromatic nitrogens is 1. The summed E-state index contributed by atoms with van der Waals surface area (Å²) in [7, 11) is 0. The van der Waals surface area contributed by atoms with Crippen LogP contribution in [0.15, 0.2) is 24.4 Å². The van der Waals surface area contributed by atoms with Gasteiger partial charge in [-0.3, -0.25) is 19.5 Å². The van der Waals surface area contributed by atoms with Crippen molar-refractivity contribution in [2.75, 3.05) is 26.2 Å². The average molecular weight is 316 g/mol. The van der Waals surface area contributed by atoms with E-state index in [4.69, 9.17) is 5.73 Å². The molecule has 1 atom stereocenters. The summed E-state index contributed by atoms with van der Waals surface area (Å²) in [6, 6.07) is 6.00. The molecule has 0 aromatic carbocycles. The lowest BCUT2D eigenvalue weighted by Crippen LogP contribution is -2.44. The summed E-state index contributed by atoms with van der Waals surface area (Å²) >= 11 is 0. The van der Waals surface area contributed by atoms with Crippen molar-refractivity contribution in [1.82, 2.24) is 14.8 Å². The molecule has 6 heteroatoms. The van der Waals surface area contributed by atoms with Crippen molar-refractivity contribution in [3.63, 3.8) is 0 Å². The fourth-order valence-electron chi connectivity index (χ4n) is 3.70. The average Bonchev–Trinajstić information content (AvgIpc) is 3.05. The van der Waals surface area contributed by atoms with Gasteiger partial charge in [0.05, 0.1) is 18.3 Å². The smallest absolute Gasteiger partial charge is 0.231 e. The van der Waals surface area contributed by atoms with Crippen LogP contribution in [0.25, 0.3) is 0 Å². The van der Waals surface area contributed by atoms with Crippen molar-refractivity contribution in [2.24, 2.45) is 11.7 Å². The van der Waals surface area contributed by atoms with Gasteiger partial charge in [-0.05, 0) is 50.9 Å². The van der Waals surface area contributed by atoms with Crippen LogP contribution in [0.2, 0.25) is 0 Å². The molecular weight excluding hydrogens is 292 g/mol. The molecule has 0 unspecified atom stereocenters. The molecule has 2 aliphatic heterocycles. The SMILES string of the molecule is NC(=O)CN1CCC(C(=O)N2CCC[C@@H]2c2ccccn2)CC1. The van der Waals surface area contributed by atoms with E-state index in [1.165, 1.54) is 0 Å². The van der Waals surface area contributed by atoms with E-state index >= 15 is 0 Å². The number of nitrogens with zero attached hydrogens (tertiary/aromatic N) is 3. The molecule has 0 spiro atoms. The summed E-state index contributed by atoms with van der Waals surface area (Å²) in [5.41, 5.74) is 6.23. The third kappa shape index (κ3) is 3.69. The van der Waals surface area contributed by atoms with Gasteiger partial charge in [0.15, 0.2) is 0 Å². The van der Waals surface area contributed by atoms with Crippen molar-refractivity contribution >= 4 is 11.8 Å². The van der Waals surface area contributed by atoms with Crippen molar-refractivity contribution in [2.45, 2.75) is 31.7 Å². The summed E-state index contributed by atoms with van der Waals surface area (Å²) in [5.74, 6) is 0.00449. The molecule has 6 nitrogen and oxygen atoms in total. The summed E-state index contributed by atoms with van der Waals surface area (Å²) in [4.78, 5) is 32.4. The Labute approximate surface area is 136 Å². The van der Waals surface area contributed by atoms with Gasteiger partial charge in [0.25, 0.3) is 0 Å². The van der Waals surface area contributed by atoms with Gasteiger partial charge in [-0.2, -0.15) is 0 Å². The molecule has 2 aliphatic rings. The number of amides is 2. The number of piperidine rings is 1. The van der Waals surface area contributed by atoms with E-state index in [9.17, 15) is 9.59 Å². The van der Waals surface area contributed by atoms with E-state index < -0.39 is 0 Å². The largest absolute Gasteiger partial charge is 0.369 e. The fourth-order valence-corrected chi connectivity index (χ4v) is 3.70. The first-order chi connectivity index (χ1) is 11.1. The maximum absolute atomic E-state index is 12.9. The minimum atomic E-state index is -0.301. The normalized spacial score (nSPS) is 23.1. The van der Waals surface area contributed by atoms with Crippen LogP contribution in [0.1, 0.15) is 37.4 Å². The quantitative estimate of drug-likeness (QED) is 0.896. The highest BCUT2D eigenvalue weighted by Gasteiger charge is 2.35. The zero-order valence-corrected chi connectivity index (χ0v) is 13.4. The van der Waals surface area contributed by atoms with Gasteiger partial charge >= 0.3 is 0 Å². The Hall–Kier alpha value is -1.95. The van der Waals surface area contributed by atoms with Crippen molar-refractivity contribution in [1.29, 1.82) is 0 Å². The molecule has 124 valence electrons. The Balaban J connectivity index is 1.61. The zero-order valence-electron chi connectivity index (χ0n) is 13.4. The number of nitrogens with two attached hydrogens (primary N) is 1. The van der Waals surface area contributed by atoms with E-state index in [1.54, 1.807) is 6.20 Å². The lowest BCUT2D eigenvalue weighted by atomic mass is 9.94. The number of hydrogen-bond donors (Lipinski definition) is 1. The third-order valence-corrected chi connectivity index (χ3v) is 4.88. The molecule has 23 heavy (non-hydrogen) atoms. The van der Waals surface area contributed by atoms with Crippen LogP contribution in [0.5, 0.6) is 0 Å². The Kier molecular flexibility index (Phi) is 4.91. The highest BCUT2D eigenvalue weighted by atomic mass is 16.2. The number of carbonyl (C=O) groups is 2. The molecule has 3 rings (SSSR count). The zero-order chi connectivity index (χ0) is 16.2. The van der Waals surface area contributed by atoms with Crippen molar-refractivity contribution in [3.05, 3.63) is 30.1 Å². The fraction of sp³-hybridized carbons (Fsp3) is 0.588. The first kappa shape index (κ1) is 15.9. The molecule has 2 amide bonds. The molecule has 2 N–H and O–H groups in total. The highest BCUT2D eigenvalue weighted by Crippen LogP contribution is 2.33. The topological polar surface area (TPSA) is 79.5 Å². The van der Waals surface area contributed by atoms with Gasteiger partial charge < -0.3 is 10.6 Å². The third-order valence-electron chi connectivity index (χ3n) is 4.88. The van der Waals surface area contributed by atoms with Crippen LogP contribution >= 0.6 is 0 Å². The maximum atomic E-state index is 12.9. The summed E-state index contributed by atoms with van der Waals surface area (Å²) < 4.78 is 0. The molecular formula is C17H24N4O2. The van der Waals surface area contributed by atoms with Gasteiger partial charge in [0, 0.05) is 18.7 Å². The molecule has 3 heterocycles. The number of carbonyl (C=O) groups excluding carboxylic acids is 2. The number of rotatable bonds is 4. The molecule has 0 radical (unpaired) electrons. The Bertz CT molecular complexity index is 555. The second kappa shape index (κ2) is 7.08. The van der Waals surface area contributed by atoms with Crippen molar-refractivity contribution in [3.8, 4) is 0 Å². The van der Waals surface area contributed by atoms with E-state index in [2.05, 4.69) is 4.98 Å². The Morgan fingerprint density at radius 2 is 1.96 bits per heavy atom. The number of pyridine rings is 1. The van der Waals surface area contributed by atoms with Gasteiger partial charge in [-0.1, -0.05) is 6.07 Å². The second-order valence-electron chi connectivity index (χ2n) is 6.46. The van der Waals surface area contributed by atoms with Gasteiger partial charge in [-0.15, -0.1) is 0 Å². The number of likely N-dealkylation sites (tertiary alicyclic amines) is 2. The Morgan fingerprint density at radius 3 is 2.61 bits per heavy atom. The van der Waals surface area contributed by atoms with Gasteiger partial charge in [0.2, 0.25) is 11.8 Å². The number of hydrogen-bond acceptors (Lipinski definition) is 4. The van der Waals surface area contributed by atoms with Gasteiger partial charge in [-0.25, -0.2) is 0 Å². The van der Waals surface area contributed by atoms with Crippen LogP contribution in [-0.4, -0.2) is 52.8 Å². The van der Waals surface area contributed by atoms with Crippen LogP contribution in [0.4, 0.5) is 0 Å². The predicted octanol–water partition coefficient (Wildman–Crippen LogP) is 0.942. The maximum Gasteiger partial charge on any atom is 0.231 e. The highest BCUT2D eigenvalue weighted by molar-refractivity contribution is 5.80. The molecule has 0 bridgehead atoms. The lowest BCUT2D eigenvalue weighted by molar-refractivity contribution is -0.138. The molecule has 1 aromatic heterocycles. The molecule has 2 fully saturated rings. The van der Waals surface area contributed by atoms with E-state index in [0.29, 0.717) is 6.54 Å². The molecule has 0 saturated carbocycles. The van der Waals surface area contributed by atoms with Crippen molar-refractivity contribution < 1.29 is 9.59 Å². The monoisotopic (exact) mass is 316 g/mol. The summed E-state index contributed by atoms with van der Waals surface area (Å²) in [6.07, 6.45) is 5.42. The number of primary amides is 1. The molecule has 2 saturated heterocycles. The predicted molar refractivity (Wildman–Crippen MR) is 86.3 cm³/mol. The van der Waals surface area contributed by atoms with E-state index in [0.717, 1.165) is 51.0 Å². The van der Waals surface area contributed by atoms with E-state index in [1.807, 2.05) is 28.0 Å².